The van der Waals surface area contributed by atoms with E-state index in [0.29, 0.717) is 0 Å². The van der Waals surface area contributed by atoms with Crippen LogP contribution in [0.5, 0.6) is 0 Å². The number of amides is 1. The number of aryl methyl sites for hydroxylation is 1. The Labute approximate surface area is 153 Å². The van der Waals surface area contributed by atoms with Gasteiger partial charge in [0, 0.05) is 44.6 Å². The molecule has 1 amide bonds. The van der Waals surface area contributed by atoms with Crippen LogP contribution in [-0.4, -0.2) is 44.9 Å². The molecule has 0 aliphatic carbocycles. The van der Waals surface area contributed by atoms with E-state index in [1.54, 1.807) is 11.3 Å². The lowest BCUT2D eigenvalue weighted by atomic mass is 9.93. The van der Waals surface area contributed by atoms with Crippen LogP contribution in [0.3, 0.4) is 0 Å². The standard InChI is InChI=1S/C19H26N4OS/c1-14-5-7-23(8-6-14)19(24)16-11-22(10-15-4-3-9-25-15)12-17-18(16)21(2)13-20-17/h3-4,9,13-14,16H,5-8,10-12H2,1-2H3/t16-/m1/s1. The number of nitrogens with zero attached hydrogens (tertiary/aromatic N) is 4. The van der Waals surface area contributed by atoms with E-state index in [2.05, 4.69) is 39.2 Å². The third-order valence-electron chi connectivity index (χ3n) is 5.56. The Morgan fingerprint density at radius 1 is 1.36 bits per heavy atom. The summed E-state index contributed by atoms with van der Waals surface area (Å²) in [5, 5.41) is 2.11. The summed E-state index contributed by atoms with van der Waals surface area (Å²) < 4.78 is 2.05. The van der Waals surface area contributed by atoms with Crippen LogP contribution in [0.15, 0.2) is 23.8 Å². The Morgan fingerprint density at radius 3 is 2.88 bits per heavy atom. The zero-order valence-corrected chi connectivity index (χ0v) is 15.8. The Kier molecular flexibility index (Phi) is 4.65. The maximum absolute atomic E-state index is 13.3. The lowest BCUT2D eigenvalue weighted by molar-refractivity contribution is -0.135. The summed E-state index contributed by atoms with van der Waals surface area (Å²) in [6.45, 7) is 6.59. The van der Waals surface area contributed by atoms with Crippen molar-refractivity contribution >= 4 is 17.2 Å². The van der Waals surface area contributed by atoms with Crippen molar-refractivity contribution in [2.75, 3.05) is 19.6 Å². The van der Waals surface area contributed by atoms with Gasteiger partial charge in [-0.3, -0.25) is 9.69 Å². The monoisotopic (exact) mass is 358 g/mol. The summed E-state index contributed by atoms with van der Waals surface area (Å²) in [4.78, 5) is 23.7. The van der Waals surface area contributed by atoms with Gasteiger partial charge in [0.2, 0.25) is 5.91 Å². The minimum atomic E-state index is -0.0929. The van der Waals surface area contributed by atoms with Gasteiger partial charge < -0.3 is 9.47 Å². The SMILES string of the molecule is CC1CCN(C(=O)[C@@H]2CN(Cc3cccs3)Cc3ncn(C)c32)CC1. The van der Waals surface area contributed by atoms with Crippen molar-refractivity contribution in [1.82, 2.24) is 19.4 Å². The Hall–Kier alpha value is -1.66. The number of carbonyl (C=O) groups is 1. The molecular formula is C19H26N4OS. The first-order valence-corrected chi connectivity index (χ1v) is 10.0. The quantitative estimate of drug-likeness (QED) is 0.847. The highest BCUT2D eigenvalue weighted by Gasteiger charge is 2.36. The molecule has 4 heterocycles. The highest BCUT2D eigenvalue weighted by molar-refractivity contribution is 7.09. The molecule has 4 rings (SSSR count). The molecule has 5 nitrogen and oxygen atoms in total. The topological polar surface area (TPSA) is 41.4 Å². The van der Waals surface area contributed by atoms with Gasteiger partial charge in [0.25, 0.3) is 0 Å². The number of fused-ring (bicyclic) bond motifs is 1. The molecule has 6 heteroatoms. The van der Waals surface area contributed by atoms with Crippen LogP contribution in [0.4, 0.5) is 0 Å². The van der Waals surface area contributed by atoms with Gasteiger partial charge in [-0.25, -0.2) is 4.98 Å². The van der Waals surface area contributed by atoms with Crippen molar-refractivity contribution in [3.05, 3.63) is 40.1 Å². The van der Waals surface area contributed by atoms with Crippen molar-refractivity contribution in [3.8, 4) is 0 Å². The van der Waals surface area contributed by atoms with E-state index in [1.807, 2.05) is 17.9 Å². The number of thiophene rings is 1. The van der Waals surface area contributed by atoms with Crippen LogP contribution in [0.25, 0.3) is 0 Å². The van der Waals surface area contributed by atoms with Crippen molar-refractivity contribution in [3.63, 3.8) is 0 Å². The van der Waals surface area contributed by atoms with Gasteiger partial charge in [0.05, 0.1) is 23.6 Å². The molecule has 2 aromatic heterocycles. The first-order valence-electron chi connectivity index (χ1n) is 9.15. The van der Waals surface area contributed by atoms with Gasteiger partial charge in [-0.1, -0.05) is 13.0 Å². The summed E-state index contributed by atoms with van der Waals surface area (Å²) >= 11 is 1.78. The molecule has 25 heavy (non-hydrogen) atoms. The smallest absolute Gasteiger partial charge is 0.233 e. The summed E-state index contributed by atoms with van der Waals surface area (Å²) in [5.41, 5.74) is 2.18. The van der Waals surface area contributed by atoms with E-state index in [9.17, 15) is 4.79 Å². The van der Waals surface area contributed by atoms with Crippen molar-refractivity contribution in [1.29, 1.82) is 0 Å². The number of hydrogen-bond acceptors (Lipinski definition) is 4. The number of imidazole rings is 1. The third-order valence-corrected chi connectivity index (χ3v) is 6.42. The molecule has 0 bridgehead atoms. The zero-order chi connectivity index (χ0) is 17.4. The van der Waals surface area contributed by atoms with Gasteiger partial charge in [0.1, 0.15) is 0 Å². The predicted octanol–water partition coefficient (Wildman–Crippen LogP) is 2.84. The first kappa shape index (κ1) is 16.8. The molecule has 0 radical (unpaired) electrons. The molecule has 1 saturated heterocycles. The van der Waals surface area contributed by atoms with Crippen LogP contribution < -0.4 is 0 Å². The molecule has 134 valence electrons. The van der Waals surface area contributed by atoms with Crippen LogP contribution in [0.2, 0.25) is 0 Å². The van der Waals surface area contributed by atoms with Crippen molar-refractivity contribution in [2.45, 2.75) is 38.8 Å². The molecule has 0 spiro atoms. The average molecular weight is 359 g/mol. The Morgan fingerprint density at radius 2 is 2.16 bits per heavy atom. The summed E-state index contributed by atoms with van der Waals surface area (Å²) in [6, 6.07) is 4.26. The largest absolute Gasteiger partial charge is 0.342 e. The molecule has 1 atom stereocenters. The van der Waals surface area contributed by atoms with Gasteiger partial charge in [-0.2, -0.15) is 0 Å². The molecule has 0 unspecified atom stereocenters. The second-order valence-electron chi connectivity index (χ2n) is 7.50. The first-order chi connectivity index (χ1) is 12.1. The Bertz CT molecular complexity index is 731. The molecule has 0 saturated carbocycles. The summed E-state index contributed by atoms with van der Waals surface area (Å²) in [6.07, 6.45) is 4.10. The van der Waals surface area contributed by atoms with E-state index in [1.165, 1.54) is 4.88 Å². The number of carbonyl (C=O) groups excluding carboxylic acids is 1. The van der Waals surface area contributed by atoms with Gasteiger partial charge in [-0.05, 0) is 30.2 Å². The fraction of sp³-hybridized carbons (Fsp3) is 0.579. The van der Waals surface area contributed by atoms with E-state index in [4.69, 9.17) is 0 Å². The van der Waals surface area contributed by atoms with Crippen LogP contribution >= 0.6 is 11.3 Å². The number of rotatable bonds is 3. The summed E-state index contributed by atoms with van der Waals surface area (Å²) in [5.74, 6) is 0.926. The number of hydrogen-bond donors (Lipinski definition) is 0. The van der Waals surface area contributed by atoms with Gasteiger partial charge in [0.15, 0.2) is 0 Å². The zero-order valence-electron chi connectivity index (χ0n) is 15.0. The predicted molar refractivity (Wildman–Crippen MR) is 99.4 cm³/mol. The third kappa shape index (κ3) is 3.37. The van der Waals surface area contributed by atoms with E-state index >= 15 is 0 Å². The molecular weight excluding hydrogens is 332 g/mol. The maximum atomic E-state index is 13.3. The second-order valence-corrected chi connectivity index (χ2v) is 8.53. The average Bonchev–Trinajstić information content (AvgIpc) is 3.25. The van der Waals surface area contributed by atoms with Crippen LogP contribution in [0, 0.1) is 5.92 Å². The highest BCUT2D eigenvalue weighted by Crippen LogP contribution is 2.31. The lowest BCUT2D eigenvalue weighted by Gasteiger charge is -2.37. The fourth-order valence-corrected chi connectivity index (χ4v) is 4.81. The second kappa shape index (κ2) is 6.92. The number of piperidine rings is 1. The molecule has 0 N–H and O–H groups in total. The maximum Gasteiger partial charge on any atom is 0.233 e. The van der Waals surface area contributed by atoms with E-state index < -0.39 is 0 Å². The van der Waals surface area contributed by atoms with E-state index in [0.717, 1.165) is 62.9 Å². The van der Waals surface area contributed by atoms with Crippen molar-refractivity contribution < 1.29 is 4.79 Å². The van der Waals surface area contributed by atoms with Crippen LogP contribution in [-0.2, 0) is 24.9 Å². The van der Waals surface area contributed by atoms with Crippen molar-refractivity contribution in [2.24, 2.45) is 13.0 Å². The lowest BCUT2D eigenvalue weighted by Crippen LogP contribution is -2.46. The normalized spacial score (nSPS) is 22.2. The number of aromatic nitrogens is 2. The fourth-order valence-electron chi connectivity index (χ4n) is 4.07. The summed E-state index contributed by atoms with van der Waals surface area (Å²) in [7, 11) is 2.01. The minimum absolute atomic E-state index is 0.0929. The van der Waals surface area contributed by atoms with Gasteiger partial charge >= 0.3 is 0 Å². The Balaban J connectivity index is 1.56. The van der Waals surface area contributed by atoms with Gasteiger partial charge in [-0.15, -0.1) is 11.3 Å². The molecule has 1 fully saturated rings. The molecule has 0 aromatic carbocycles. The molecule has 2 aromatic rings. The van der Waals surface area contributed by atoms with E-state index in [-0.39, 0.29) is 11.8 Å². The minimum Gasteiger partial charge on any atom is -0.342 e. The highest BCUT2D eigenvalue weighted by atomic mass is 32.1. The molecule has 2 aliphatic heterocycles. The van der Waals surface area contributed by atoms with Crippen LogP contribution in [0.1, 0.15) is 41.9 Å². The molecule has 2 aliphatic rings. The number of likely N-dealkylation sites (tertiary alicyclic amines) is 1.